The third-order valence-corrected chi connectivity index (χ3v) is 1.15. The van der Waals surface area contributed by atoms with E-state index in [4.69, 9.17) is 5.11 Å². The van der Waals surface area contributed by atoms with Crippen LogP contribution in [0.3, 0.4) is 0 Å². The van der Waals surface area contributed by atoms with Crippen molar-refractivity contribution >= 4 is 0 Å². The lowest BCUT2D eigenvalue weighted by Crippen LogP contribution is -2.04. The van der Waals surface area contributed by atoms with Crippen molar-refractivity contribution < 1.29 is 18.3 Å². The molecule has 0 aliphatic carbocycles. The molecule has 0 unspecified atom stereocenters. The second-order valence-corrected chi connectivity index (χ2v) is 1.94. The molecule has 0 atom stereocenters. The highest BCUT2D eigenvalue weighted by molar-refractivity contribution is 5.33. The zero-order valence-corrected chi connectivity index (χ0v) is 5.31. The van der Waals surface area contributed by atoms with E-state index < -0.39 is 17.5 Å². The van der Waals surface area contributed by atoms with E-state index in [1.54, 1.807) is 0 Å². The molecule has 4 heteroatoms. The monoisotopic (exact) mass is 161 g/mol. The van der Waals surface area contributed by atoms with Gasteiger partial charge in [0, 0.05) is 0 Å². The first-order chi connectivity index (χ1) is 5.02. The molecule has 0 heterocycles. The van der Waals surface area contributed by atoms with Crippen LogP contribution >= 0.6 is 0 Å². The second-order valence-electron chi connectivity index (χ2n) is 1.94. The van der Waals surface area contributed by atoms with Gasteiger partial charge in [-0.15, -0.1) is 0 Å². The van der Waals surface area contributed by atoms with Crippen LogP contribution in [0.4, 0.5) is 13.2 Å². The maximum atomic E-state index is 11.9. The van der Waals surface area contributed by atoms with Gasteiger partial charge in [-0.3, -0.25) is 0 Å². The molecule has 59 valence electrons. The van der Waals surface area contributed by atoms with Crippen molar-refractivity contribution in [3.8, 4) is 5.75 Å². The Kier molecular flexibility index (Phi) is 1.76. The lowest BCUT2D eigenvalue weighted by Gasteiger charge is -2.06. The Hall–Kier alpha value is -1.19. The van der Waals surface area contributed by atoms with Crippen LogP contribution in [-0.2, 0) is 6.18 Å². The number of hydrogen-bond donors (Lipinski definition) is 1. The molecule has 1 radical (unpaired) electrons. The second kappa shape index (κ2) is 2.45. The molecule has 11 heavy (non-hydrogen) atoms. The number of benzene rings is 1. The molecule has 0 spiro atoms. The number of rotatable bonds is 0. The average Bonchev–Trinajstić information content (AvgIpc) is 1.86. The minimum absolute atomic E-state index is 0.704. The molecule has 0 aliphatic heterocycles. The van der Waals surface area contributed by atoms with Crippen LogP contribution in [0.5, 0.6) is 5.75 Å². The van der Waals surface area contributed by atoms with E-state index in [1.807, 2.05) is 0 Å². The smallest absolute Gasteiger partial charge is 0.419 e. The predicted octanol–water partition coefficient (Wildman–Crippen LogP) is 2.21. The third kappa shape index (κ3) is 1.63. The van der Waals surface area contributed by atoms with Gasteiger partial charge < -0.3 is 5.11 Å². The quantitative estimate of drug-likeness (QED) is 0.618. The molecule has 0 saturated carbocycles. The number of alkyl halides is 3. The largest absolute Gasteiger partial charge is 0.507 e. The zero-order valence-electron chi connectivity index (χ0n) is 5.31. The van der Waals surface area contributed by atoms with Crippen molar-refractivity contribution in [2.75, 3.05) is 0 Å². The summed E-state index contributed by atoms with van der Waals surface area (Å²) in [5.74, 6) is -0.767. The van der Waals surface area contributed by atoms with Gasteiger partial charge in [-0.25, -0.2) is 0 Å². The minimum Gasteiger partial charge on any atom is -0.507 e. The fraction of sp³-hybridized carbons (Fsp3) is 0.143. The zero-order chi connectivity index (χ0) is 8.48. The lowest BCUT2D eigenvalue weighted by molar-refractivity contribution is -0.138. The molecule has 1 N–H and O–H groups in total. The van der Waals surface area contributed by atoms with E-state index in [0.717, 1.165) is 6.07 Å². The Morgan fingerprint density at radius 3 is 2.36 bits per heavy atom. The number of phenols is 1. The Labute approximate surface area is 61.1 Å². The Morgan fingerprint density at radius 2 is 2.00 bits per heavy atom. The van der Waals surface area contributed by atoms with Gasteiger partial charge in [-0.05, 0) is 18.2 Å². The van der Waals surface area contributed by atoms with Crippen LogP contribution in [-0.4, -0.2) is 5.11 Å². The molecular weight excluding hydrogens is 157 g/mol. The number of aromatic hydroxyl groups is 1. The summed E-state index contributed by atoms with van der Waals surface area (Å²) in [6.07, 6.45) is -4.50. The standard InChI is InChI=1S/C7H4F3O/c8-7(9,10)5-3-1-2-4-6(5)11/h2-4,11H. The summed E-state index contributed by atoms with van der Waals surface area (Å²) in [5, 5.41) is 8.71. The first-order valence-electron chi connectivity index (χ1n) is 2.78. The summed E-state index contributed by atoms with van der Waals surface area (Å²) >= 11 is 0. The van der Waals surface area contributed by atoms with E-state index in [0.29, 0.717) is 6.07 Å². The van der Waals surface area contributed by atoms with Crippen molar-refractivity contribution in [1.82, 2.24) is 0 Å². The first kappa shape index (κ1) is 7.91. The van der Waals surface area contributed by atoms with E-state index >= 15 is 0 Å². The highest BCUT2D eigenvalue weighted by atomic mass is 19.4. The molecule has 1 aromatic rings. The fourth-order valence-corrected chi connectivity index (χ4v) is 0.649. The molecule has 1 rings (SSSR count). The molecule has 1 nitrogen and oxygen atoms in total. The van der Waals surface area contributed by atoms with Crippen molar-refractivity contribution in [1.29, 1.82) is 0 Å². The SMILES string of the molecule is Oc1cc[c]cc1C(F)(F)F. The summed E-state index contributed by atoms with van der Waals surface area (Å²) in [6.45, 7) is 0. The van der Waals surface area contributed by atoms with Gasteiger partial charge in [0.1, 0.15) is 5.75 Å². The average molecular weight is 161 g/mol. The normalized spacial score (nSPS) is 11.5. The van der Waals surface area contributed by atoms with Gasteiger partial charge in [0.05, 0.1) is 5.56 Å². The number of phenolic OH excluding ortho intramolecular Hbond substituents is 1. The molecule has 0 amide bonds. The van der Waals surface area contributed by atoms with Gasteiger partial charge in [0.15, 0.2) is 0 Å². The highest BCUT2D eigenvalue weighted by Crippen LogP contribution is 2.34. The van der Waals surface area contributed by atoms with Crippen molar-refractivity contribution in [2.24, 2.45) is 0 Å². The molecule has 0 aliphatic rings. The Bertz CT molecular complexity index is 254. The minimum atomic E-state index is -4.50. The van der Waals surface area contributed by atoms with E-state index in [1.165, 1.54) is 6.07 Å². The van der Waals surface area contributed by atoms with Gasteiger partial charge in [-0.1, -0.05) is 6.07 Å². The van der Waals surface area contributed by atoms with Crippen molar-refractivity contribution in [3.05, 3.63) is 29.8 Å². The van der Waals surface area contributed by atoms with Crippen LogP contribution in [0.15, 0.2) is 18.2 Å². The maximum absolute atomic E-state index is 11.9. The first-order valence-corrected chi connectivity index (χ1v) is 2.78. The van der Waals surface area contributed by atoms with Crippen LogP contribution in [0.1, 0.15) is 5.56 Å². The van der Waals surface area contributed by atoms with Crippen molar-refractivity contribution in [2.45, 2.75) is 6.18 Å². The van der Waals surface area contributed by atoms with Crippen LogP contribution < -0.4 is 0 Å². The van der Waals surface area contributed by atoms with Crippen LogP contribution in [0.2, 0.25) is 0 Å². The summed E-state index contributed by atoms with van der Waals surface area (Å²) in [5.41, 5.74) is -1.06. The van der Waals surface area contributed by atoms with E-state index in [2.05, 4.69) is 6.07 Å². The topological polar surface area (TPSA) is 20.2 Å². The predicted molar refractivity (Wildman–Crippen MR) is 31.9 cm³/mol. The maximum Gasteiger partial charge on any atom is 0.419 e. The van der Waals surface area contributed by atoms with Gasteiger partial charge in [0.25, 0.3) is 0 Å². The molecule has 0 aromatic heterocycles. The third-order valence-electron chi connectivity index (χ3n) is 1.15. The molecule has 0 bridgehead atoms. The number of halogens is 3. The molecule has 1 aromatic carbocycles. The van der Waals surface area contributed by atoms with Gasteiger partial charge in [0.2, 0.25) is 0 Å². The van der Waals surface area contributed by atoms with Gasteiger partial charge >= 0.3 is 6.18 Å². The summed E-state index contributed by atoms with van der Waals surface area (Å²) in [4.78, 5) is 0. The van der Waals surface area contributed by atoms with Crippen molar-refractivity contribution in [3.63, 3.8) is 0 Å². The van der Waals surface area contributed by atoms with Gasteiger partial charge in [-0.2, -0.15) is 13.2 Å². The summed E-state index contributed by atoms with van der Waals surface area (Å²) < 4.78 is 35.6. The Balaban J connectivity index is 3.14. The number of hydrogen-bond acceptors (Lipinski definition) is 1. The fourth-order valence-electron chi connectivity index (χ4n) is 0.649. The highest BCUT2D eigenvalue weighted by Gasteiger charge is 2.33. The lowest BCUT2D eigenvalue weighted by atomic mass is 10.2. The molecule has 0 fully saturated rings. The Morgan fingerprint density at radius 1 is 1.36 bits per heavy atom. The summed E-state index contributed by atoms with van der Waals surface area (Å²) in [7, 11) is 0. The van der Waals surface area contributed by atoms with Crippen LogP contribution in [0.25, 0.3) is 0 Å². The van der Waals surface area contributed by atoms with E-state index in [9.17, 15) is 13.2 Å². The van der Waals surface area contributed by atoms with E-state index in [-0.39, 0.29) is 0 Å². The van der Waals surface area contributed by atoms with Crippen LogP contribution in [0, 0.1) is 6.07 Å². The molecular formula is C7H4F3O. The molecule has 0 saturated heterocycles. The summed E-state index contributed by atoms with van der Waals surface area (Å²) in [6, 6.07) is 5.09.